The van der Waals surface area contributed by atoms with Gasteiger partial charge < -0.3 is 11.1 Å². The van der Waals surface area contributed by atoms with Gasteiger partial charge in [0.05, 0.1) is 17.6 Å². The lowest BCUT2D eigenvalue weighted by atomic mass is 10.3. The monoisotopic (exact) mass is 196 g/mol. The summed E-state index contributed by atoms with van der Waals surface area (Å²) in [5.41, 5.74) is 6.87. The molecule has 14 heavy (non-hydrogen) atoms. The highest BCUT2D eigenvalue weighted by molar-refractivity contribution is 5.79. The number of nitrogens with two attached hydrogens (primary N) is 1. The van der Waals surface area contributed by atoms with Gasteiger partial charge in [0.25, 0.3) is 0 Å². The number of nitrogens with one attached hydrogen (secondary N) is 1. The molecule has 0 spiro atoms. The van der Waals surface area contributed by atoms with Crippen molar-refractivity contribution in [2.24, 2.45) is 0 Å². The maximum Gasteiger partial charge on any atom is 0.247 e. The second kappa shape index (κ2) is 4.76. The van der Waals surface area contributed by atoms with Gasteiger partial charge in [0.15, 0.2) is 0 Å². The summed E-state index contributed by atoms with van der Waals surface area (Å²) >= 11 is 0. The molecule has 0 aliphatic carbocycles. The number of aromatic nitrogens is 2. The summed E-state index contributed by atoms with van der Waals surface area (Å²) < 4.78 is 1.37. The Morgan fingerprint density at radius 1 is 1.71 bits per heavy atom. The Morgan fingerprint density at radius 3 is 2.93 bits per heavy atom. The number of hydrogen-bond donors (Lipinski definition) is 2. The zero-order chi connectivity index (χ0) is 10.6. The summed E-state index contributed by atoms with van der Waals surface area (Å²) in [6.07, 6.45) is 2.81. The summed E-state index contributed by atoms with van der Waals surface area (Å²) in [5, 5.41) is 6.90. The van der Waals surface area contributed by atoms with Crippen LogP contribution in [0.25, 0.3) is 0 Å². The lowest BCUT2D eigenvalue weighted by molar-refractivity contribution is 0.0882. The Balaban J connectivity index is 2.56. The fourth-order valence-electron chi connectivity index (χ4n) is 1.20. The summed E-state index contributed by atoms with van der Waals surface area (Å²) in [6, 6.07) is 0. The van der Waals surface area contributed by atoms with Gasteiger partial charge in [0.1, 0.15) is 0 Å². The molecule has 3 N–H and O–H groups in total. The molecule has 0 fully saturated rings. The van der Waals surface area contributed by atoms with Crippen molar-refractivity contribution in [3.8, 4) is 0 Å². The maximum absolute atomic E-state index is 11.6. The number of carbonyl (C=O) groups is 1. The van der Waals surface area contributed by atoms with Gasteiger partial charge >= 0.3 is 0 Å². The lowest BCUT2D eigenvalue weighted by Crippen LogP contribution is -2.16. The van der Waals surface area contributed by atoms with Crippen LogP contribution in [-0.2, 0) is 0 Å². The minimum absolute atomic E-state index is 0.00514. The van der Waals surface area contributed by atoms with Crippen molar-refractivity contribution in [1.29, 1.82) is 0 Å². The predicted molar refractivity (Wildman–Crippen MR) is 55.2 cm³/mol. The largest absolute Gasteiger partial charge is 0.396 e. The van der Waals surface area contributed by atoms with Crippen LogP contribution in [0, 0.1) is 6.92 Å². The highest BCUT2D eigenvalue weighted by Gasteiger charge is 2.10. The average molecular weight is 196 g/mol. The number of rotatable bonds is 4. The van der Waals surface area contributed by atoms with Crippen molar-refractivity contribution in [2.45, 2.75) is 19.8 Å². The Hall–Kier alpha value is -1.36. The van der Waals surface area contributed by atoms with E-state index >= 15 is 0 Å². The van der Waals surface area contributed by atoms with E-state index in [2.05, 4.69) is 10.4 Å². The summed E-state index contributed by atoms with van der Waals surface area (Å²) in [4.78, 5) is 11.6. The van der Waals surface area contributed by atoms with Crippen LogP contribution in [0.3, 0.4) is 0 Å². The molecular weight excluding hydrogens is 180 g/mol. The average Bonchev–Trinajstić information content (AvgIpc) is 2.48. The van der Waals surface area contributed by atoms with Gasteiger partial charge in [-0.1, -0.05) is 0 Å². The van der Waals surface area contributed by atoms with Gasteiger partial charge in [0, 0.05) is 6.42 Å². The predicted octanol–water partition coefficient (Wildman–Crippen LogP) is 0.414. The SMILES string of the molecule is CNCCCC(=O)n1ncc(N)c1C. The van der Waals surface area contributed by atoms with Crippen molar-refractivity contribution >= 4 is 11.6 Å². The first-order valence-electron chi connectivity index (χ1n) is 4.64. The van der Waals surface area contributed by atoms with Crippen LogP contribution in [0.2, 0.25) is 0 Å². The molecule has 0 saturated heterocycles. The van der Waals surface area contributed by atoms with Crippen LogP contribution in [-0.4, -0.2) is 29.3 Å². The summed E-state index contributed by atoms with van der Waals surface area (Å²) in [5.74, 6) is -0.00514. The van der Waals surface area contributed by atoms with Crippen molar-refractivity contribution in [1.82, 2.24) is 15.1 Å². The molecule has 1 aromatic rings. The third-order valence-electron chi connectivity index (χ3n) is 2.10. The summed E-state index contributed by atoms with van der Waals surface area (Å²) in [6.45, 7) is 2.62. The van der Waals surface area contributed by atoms with Crippen molar-refractivity contribution < 1.29 is 4.79 Å². The van der Waals surface area contributed by atoms with Gasteiger partial charge in [-0.05, 0) is 26.9 Å². The molecule has 0 amide bonds. The van der Waals surface area contributed by atoms with Crippen LogP contribution in [0.15, 0.2) is 6.20 Å². The molecule has 0 aliphatic heterocycles. The molecule has 1 rings (SSSR count). The molecule has 1 heterocycles. The first-order chi connectivity index (χ1) is 6.66. The molecule has 0 aliphatic rings. The quantitative estimate of drug-likeness (QED) is 0.684. The minimum Gasteiger partial charge on any atom is -0.396 e. The van der Waals surface area contributed by atoms with E-state index in [1.807, 2.05) is 7.05 Å². The van der Waals surface area contributed by atoms with Gasteiger partial charge in [-0.15, -0.1) is 0 Å². The van der Waals surface area contributed by atoms with Crippen LogP contribution < -0.4 is 11.1 Å². The molecular formula is C9H16N4O. The van der Waals surface area contributed by atoms with E-state index in [1.54, 1.807) is 6.92 Å². The van der Waals surface area contributed by atoms with Gasteiger partial charge in [-0.2, -0.15) is 5.10 Å². The van der Waals surface area contributed by atoms with Crippen molar-refractivity contribution in [3.05, 3.63) is 11.9 Å². The minimum atomic E-state index is -0.00514. The van der Waals surface area contributed by atoms with E-state index in [0.717, 1.165) is 18.7 Å². The molecule has 0 bridgehead atoms. The molecule has 0 radical (unpaired) electrons. The molecule has 1 aromatic heterocycles. The van der Waals surface area contributed by atoms with E-state index < -0.39 is 0 Å². The molecule has 5 heteroatoms. The van der Waals surface area contributed by atoms with Gasteiger partial charge in [-0.3, -0.25) is 4.79 Å². The fraction of sp³-hybridized carbons (Fsp3) is 0.556. The van der Waals surface area contributed by atoms with E-state index in [1.165, 1.54) is 10.9 Å². The van der Waals surface area contributed by atoms with E-state index in [-0.39, 0.29) is 5.91 Å². The molecule has 0 saturated carbocycles. The van der Waals surface area contributed by atoms with Crippen LogP contribution >= 0.6 is 0 Å². The van der Waals surface area contributed by atoms with E-state index in [9.17, 15) is 4.79 Å². The fourth-order valence-corrected chi connectivity index (χ4v) is 1.20. The van der Waals surface area contributed by atoms with Crippen LogP contribution in [0.4, 0.5) is 5.69 Å². The molecule has 0 unspecified atom stereocenters. The van der Waals surface area contributed by atoms with Crippen molar-refractivity contribution in [2.75, 3.05) is 19.3 Å². The number of hydrogen-bond acceptors (Lipinski definition) is 4. The second-order valence-corrected chi connectivity index (χ2v) is 3.20. The Bertz CT molecular complexity index is 319. The van der Waals surface area contributed by atoms with Gasteiger partial charge in [0.2, 0.25) is 5.91 Å². The lowest BCUT2D eigenvalue weighted by Gasteiger charge is -2.02. The van der Waals surface area contributed by atoms with Gasteiger partial charge in [-0.25, -0.2) is 4.68 Å². The summed E-state index contributed by atoms with van der Waals surface area (Å²) in [7, 11) is 1.86. The number of nitrogens with zero attached hydrogens (tertiary/aromatic N) is 2. The van der Waals surface area contributed by atoms with Crippen LogP contribution in [0.5, 0.6) is 0 Å². The zero-order valence-corrected chi connectivity index (χ0v) is 8.58. The zero-order valence-electron chi connectivity index (χ0n) is 8.58. The standard InChI is InChI=1S/C9H16N4O/c1-7-8(10)6-12-13(7)9(14)4-3-5-11-2/h6,11H,3-5,10H2,1-2H3. The van der Waals surface area contributed by atoms with Crippen molar-refractivity contribution in [3.63, 3.8) is 0 Å². The molecule has 0 aromatic carbocycles. The van der Waals surface area contributed by atoms with E-state index in [4.69, 9.17) is 5.73 Å². The number of anilines is 1. The third kappa shape index (κ3) is 2.32. The molecule has 0 atom stereocenters. The topological polar surface area (TPSA) is 72.9 Å². The smallest absolute Gasteiger partial charge is 0.247 e. The molecule has 5 nitrogen and oxygen atoms in total. The highest BCUT2D eigenvalue weighted by Crippen LogP contribution is 2.09. The van der Waals surface area contributed by atoms with Crippen LogP contribution in [0.1, 0.15) is 23.3 Å². The van der Waals surface area contributed by atoms with E-state index in [0.29, 0.717) is 12.1 Å². The Kier molecular flexibility index (Phi) is 3.64. The Morgan fingerprint density at radius 2 is 2.43 bits per heavy atom. The first kappa shape index (κ1) is 10.7. The number of nitrogen functional groups attached to an aromatic ring is 1. The molecule has 78 valence electrons. The highest BCUT2D eigenvalue weighted by atomic mass is 16.2. The third-order valence-corrected chi connectivity index (χ3v) is 2.10. The second-order valence-electron chi connectivity index (χ2n) is 3.20. The maximum atomic E-state index is 11.6. The number of carbonyl (C=O) groups excluding carboxylic acids is 1. The normalized spacial score (nSPS) is 10.4. The Labute approximate surface area is 83.3 Å². The first-order valence-corrected chi connectivity index (χ1v) is 4.64.